The van der Waals surface area contributed by atoms with Crippen LogP contribution >= 0.6 is 0 Å². The van der Waals surface area contributed by atoms with Gasteiger partial charge in [0, 0.05) is 11.1 Å². The third-order valence-corrected chi connectivity index (χ3v) is 11.7. The fourth-order valence-electron chi connectivity index (χ4n) is 6.80. The highest BCUT2D eigenvalue weighted by molar-refractivity contribution is 7.87. The van der Waals surface area contributed by atoms with E-state index >= 15 is 0 Å². The largest absolute Gasteiger partial charge is 0.378 e. The van der Waals surface area contributed by atoms with Gasteiger partial charge in [-0.2, -0.15) is 16.8 Å². The topological polar surface area (TPSA) is 86.7 Å². The Morgan fingerprint density at radius 1 is 0.408 bits per heavy atom. The van der Waals surface area contributed by atoms with Gasteiger partial charge in [0.05, 0.1) is 5.41 Å². The summed E-state index contributed by atoms with van der Waals surface area (Å²) in [5.41, 5.74) is 6.37. The molecule has 1 aliphatic carbocycles. The Balaban J connectivity index is 1.55. The minimum atomic E-state index is -4.28. The van der Waals surface area contributed by atoms with Crippen molar-refractivity contribution in [2.45, 2.75) is 42.9 Å². The first-order valence-corrected chi connectivity index (χ1v) is 18.7. The highest BCUT2D eigenvalue weighted by atomic mass is 32.2. The van der Waals surface area contributed by atoms with Crippen LogP contribution in [0.2, 0.25) is 0 Å². The number of hydrogen-bond donors (Lipinski definition) is 0. The second kappa shape index (κ2) is 12.1. The van der Waals surface area contributed by atoms with Gasteiger partial charge in [0.15, 0.2) is 11.5 Å². The fourth-order valence-corrected chi connectivity index (χ4v) is 8.82. The molecule has 0 saturated carbocycles. The van der Waals surface area contributed by atoms with Gasteiger partial charge < -0.3 is 8.37 Å². The molecule has 6 nitrogen and oxygen atoms in total. The Morgan fingerprint density at radius 3 is 1.14 bits per heavy atom. The first-order valence-electron chi connectivity index (χ1n) is 15.9. The van der Waals surface area contributed by atoms with Gasteiger partial charge in [-0.1, -0.05) is 120 Å². The van der Waals surface area contributed by atoms with Gasteiger partial charge in [0.1, 0.15) is 9.79 Å². The molecule has 8 heteroatoms. The number of para-hydroxylation sites is 2. The van der Waals surface area contributed by atoms with Gasteiger partial charge in [-0.05, 0) is 85.3 Å². The lowest BCUT2D eigenvalue weighted by atomic mass is 9.66. The van der Waals surface area contributed by atoms with Crippen molar-refractivity contribution in [1.29, 1.82) is 0 Å². The molecule has 0 atom stereocenters. The quantitative estimate of drug-likeness (QED) is 0.149. The summed E-state index contributed by atoms with van der Waals surface area (Å²) in [4.78, 5) is 0.0506. The average molecular weight is 687 g/mol. The summed E-state index contributed by atoms with van der Waals surface area (Å²) in [6, 6.07) is 39.9. The molecule has 0 saturated heterocycles. The maximum atomic E-state index is 13.9. The zero-order valence-corrected chi connectivity index (χ0v) is 29.1. The van der Waals surface area contributed by atoms with E-state index in [2.05, 4.69) is 0 Å². The van der Waals surface area contributed by atoms with Gasteiger partial charge in [0.2, 0.25) is 0 Å². The predicted molar refractivity (Wildman–Crippen MR) is 191 cm³/mol. The normalized spacial score (nSPS) is 13.4. The van der Waals surface area contributed by atoms with E-state index in [4.69, 9.17) is 8.37 Å². The van der Waals surface area contributed by atoms with Crippen LogP contribution in [0, 0.1) is 27.7 Å². The van der Waals surface area contributed by atoms with E-state index in [1.807, 2.05) is 86.6 Å². The molecule has 1 aliphatic rings. The van der Waals surface area contributed by atoms with Gasteiger partial charge in [0.25, 0.3) is 0 Å². The molecule has 6 aromatic carbocycles. The Hall–Kier alpha value is -5.18. The van der Waals surface area contributed by atoms with Crippen LogP contribution in [0.25, 0.3) is 11.1 Å². The van der Waals surface area contributed by atoms with Crippen molar-refractivity contribution in [2.75, 3.05) is 0 Å². The van der Waals surface area contributed by atoms with Crippen LogP contribution in [0.3, 0.4) is 0 Å². The third kappa shape index (κ3) is 5.41. The maximum Gasteiger partial charge on any atom is 0.339 e. The van der Waals surface area contributed by atoms with E-state index in [-0.39, 0.29) is 21.3 Å². The molecule has 0 N–H and O–H groups in total. The van der Waals surface area contributed by atoms with E-state index in [9.17, 15) is 16.8 Å². The van der Waals surface area contributed by atoms with Gasteiger partial charge in [-0.25, -0.2) is 0 Å². The number of aryl methyl sites for hydroxylation is 4. The number of rotatable bonds is 8. The Morgan fingerprint density at radius 2 is 0.755 bits per heavy atom. The van der Waals surface area contributed by atoms with Gasteiger partial charge >= 0.3 is 20.2 Å². The predicted octanol–water partition coefficient (Wildman–Crippen LogP) is 8.82. The second-order valence-corrected chi connectivity index (χ2v) is 15.5. The molecule has 49 heavy (non-hydrogen) atoms. The Kier molecular flexibility index (Phi) is 7.96. The van der Waals surface area contributed by atoms with E-state index < -0.39 is 25.7 Å². The zero-order valence-electron chi connectivity index (χ0n) is 27.5. The van der Waals surface area contributed by atoms with E-state index in [1.165, 1.54) is 24.3 Å². The molecule has 0 unspecified atom stereocenters. The van der Waals surface area contributed by atoms with E-state index in [0.29, 0.717) is 22.3 Å². The van der Waals surface area contributed by atoms with Crippen LogP contribution in [-0.4, -0.2) is 16.8 Å². The lowest BCUT2D eigenvalue weighted by Crippen LogP contribution is -2.31. The maximum absolute atomic E-state index is 13.9. The SMILES string of the molecule is Cc1ccc(S(=O)(=O)Oc2c(C)cccc2C2(c3cccc(C)c3OS(=O)(=O)c3ccc(C)cc3)c3ccccc3-c3ccccc32)cc1. The summed E-state index contributed by atoms with van der Waals surface area (Å²) in [6.45, 7) is 7.38. The summed E-state index contributed by atoms with van der Waals surface area (Å²) in [6.07, 6.45) is 0. The molecule has 0 radical (unpaired) electrons. The van der Waals surface area contributed by atoms with E-state index in [1.54, 1.807) is 50.2 Å². The molecule has 0 amide bonds. The van der Waals surface area contributed by atoms with E-state index in [0.717, 1.165) is 33.4 Å². The van der Waals surface area contributed by atoms with Crippen LogP contribution in [0.1, 0.15) is 44.5 Å². The first-order chi connectivity index (χ1) is 23.4. The average Bonchev–Trinajstić information content (AvgIpc) is 3.38. The smallest absolute Gasteiger partial charge is 0.339 e. The molecular formula is C41H34O6S2. The molecule has 0 fully saturated rings. The minimum absolute atomic E-state index is 0.0253. The van der Waals surface area contributed by atoms with Crippen LogP contribution in [0.4, 0.5) is 0 Å². The van der Waals surface area contributed by atoms with Crippen molar-refractivity contribution < 1.29 is 25.2 Å². The number of hydrogen-bond acceptors (Lipinski definition) is 6. The molecule has 246 valence electrons. The standard InChI is InChI=1S/C41H34O6S2/c1-27-19-23-31(24-20-27)48(42,43)46-39-29(3)11-9-17-37(39)41(35-15-7-5-13-33(35)34-14-6-8-16-36(34)41)38-18-10-12-30(4)40(38)47-49(44,45)32-25-21-28(2)22-26-32/h5-26H,1-4H3. The fraction of sp³-hybridized carbons (Fsp3) is 0.122. The molecule has 7 rings (SSSR count). The van der Waals surface area contributed by atoms with Crippen molar-refractivity contribution >= 4 is 20.2 Å². The Labute approximate surface area is 287 Å². The minimum Gasteiger partial charge on any atom is -0.378 e. The summed E-state index contributed by atoms with van der Waals surface area (Å²) in [5, 5.41) is 0. The second-order valence-electron chi connectivity index (χ2n) is 12.4. The lowest BCUT2D eigenvalue weighted by Gasteiger charge is -2.36. The van der Waals surface area contributed by atoms with Crippen molar-refractivity contribution in [3.05, 3.63) is 178 Å². The van der Waals surface area contributed by atoms with Gasteiger partial charge in [-0.3, -0.25) is 0 Å². The molecule has 6 aromatic rings. The summed E-state index contributed by atoms with van der Waals surface area (Å²) in [5.74, 6) is 0.312. The zero-order chi connectivity index (χ0) is 34.6. The molecule has 0 aliphatic heterocycles. The summed E-state index contributed by atoms with van der Waals surface area (Å²) >= 11 is 0. The van der Waals surface area contributed by atoms with Gasteiger partial charge in [-0.15, -0.1) is 0 Å². The summed E-state index contributed by atoms with van der Waals surface area (Å²) in [7, 11) is -8.56. The molecular weight excluding hydrogens is 653 g/mol. The third-order valence-electron chi connectivity index (χ3n) is 9.19. The van der Waals surface area contributed by atoms with Crippen LogP contribution in [-0.2, 0) is 25.7 Å². The van der Waals surface area contributed by atoms with Crippen molar-refractivity contribution in [2.24, 2.45) is 0 Å². The highest BCUT2D eigenvalue weighted by Gasteiger charge is 2.50. The van der Waals surface area contributed by atoms with Crippen molar-refractivity contribution in [3.8, 4) is 22.6 Å². The molecule has 0 aromatic heterocycles. The van der Waals surface area contributed by atoms with Crippen LogP contribution in [0.15, 0.2) is 143 Å². The number of benzene rings is 6. The first kappa shape index (κ1) is 32.4. The monoisotopic (exact) mass is 686 g/mol. The van der Waals surface area contributed by atoms with Crippen LogP contribution in [0.5, 0.6) is 11.5 Å². The molecule has 0 bridgehead atoms. The lowest BCUT2D eigenvalue weighted by molar-refractivity contribution is 0.471. The highest BCUT2D eigenvalue weighted by Crippen LogP contribution is 2.60. The van der Waals surface area contributed by atoms with Crippen LogP contribution < -0.4 is 8.37 Å². The van der Waals surface area contributed by atoms with Crippen molar-refractivity contribution in [1.82, 2.24) is 0 Å². The number of fused-ring (bicyclic) bond motifs is 3. The molecule has 0 heterocycles. The summed E-state index contributed by atoms with van der Waals surface area (Å²) < 4.78 is 68.0. The van der Waals surface area contributed by atoms with Crippen molar-refractivity contribution in [3.63, 3.8) is 0 Å². The Bertz CT molecular complexity index is 2270. The molecule has 0 spiro atoms.